The van der Waals surface area contributed by atoms with Gasteiger partial charge in [0.1, 0.15) is 5.82 Å². The molecule has 2 atom stereocenters. The fourth-order valence-electron chi connectivity index (χ4n) is 2.65. The van der Waals surface area contributed by atoms with E-state index in [9.17, 15) is 4.39 Å². The van der Waals surface area contributed by atoms with Gasteiger partial charge in [-0.15, -0.1) is 0 Å². The largest absolute Gasteiger partial charge is 0.382 e. The normalized spacial score (nSPS) is 24.7. The van der Waals surface area contributed by atoms with Crippen LogP contribution < -0.4 is 5.32 Å². The van der Waals surface area contributed by atoms with Crippen LogP contribution in [0, 0.1) is 18.7 Å². The molecule has 1 N–H and O–H groups in total. The van der Waals surface area contributed by atoms with Crippen molar-refractivity contribution >= 4 is 21.6 Å². The molecule has 0 radical (unpaired) electrons. The molecular weight excluding hydrogens is 293 g/mol. The fraction of sp³-hybridized carbons (Fsp3) is 0.600. The molecule has 0 aliphatic heterocycles. The number of anilines is 1. The van der Waals surface area contributed by atoms with Gasteiger partial charge >= 0.3 is 0 Å². The standard InChI is InChI=1S/C15H21BrFN/c1-10-4-3-5-12(7-6-10)18-15-9-14(17)13(16)8-11(15)2/h8-10,12,18H,3-7H2,1-2H3. The SMILES string of the molecule is Cc1cc(Br)c(F)cc1NC1CCCC(C)CC1. The second kappa shape index (κ2) is 6.05. The van der Waals surface area contributed by atoms with Crippen molar-refractivity contribution in [1.29, 1.82) is 0 Å². The lowest BCUT2D eigenvalue weighted by Crippen LogP contribution is -2.19. The number of benzene rings is 1. The highest BCUT2D eigenvalue weighted by Gasteiger charge is 2.17. The predicted molar refractivity (Wildman–Crippen MR) is 78.5 cm³/mol. The maximum atomic E-state index is 13.6. The van der Waals surface area contributed by atoms with E-state index in [2.05, 4.69) is 28.2 Å². The zero-order valence-electron chi connectivity index (χ0n) is 11.1. The van der Waals surface area contributed by atoms with E-state index in [0.29, 0.717) is 10.5 Å². The molecule has 1 aliphatic rings. The summed E-state index contributed by atoms with van der Waals surface area (Å²) < 4.78 is 14.1. The van der Waals surface area contributed by atoms with Crippen LogP contribution in [-0.2, 0) is 0 Å². The van der Waals surface area contributed by atoms with E-state index in [1.54, 1.807) is 6.07 Å². The molecule has 1 fully saturated rings. The Morgan fingerprint density at radius 2 is 2.00 bits per heavy atom. The Morgan fingerprint density at radius 3 is 2.78 bits per heavy atom. The van der Waals surface area contributed by atoms with Crippen LogP contribution in [0.15, 0.2) is 16.6 Å². The van der Waals surface area contributed by atoms with Crippen molar-refractivity contribution in [2.75, 3.05) is 5.32 Å². The lowest BCUT2D eigenvalue weighted by atomic mass is 10.0. The number of hydrogen-bond donors (Lipinski definition) is 1. The second-order valence-corrected chi connectivity index (χ2v) is 6.39. The topological polar surface area (TPSA) is 12.0 Å². The van der Waals surface area contributed by atoms with Gasteiger partial charge in [0.2, 0.25) is 0 Å². The Kier molecular flexibility index (Phi) is 4.66. The molecular formula is C15H21BrFN. The van der Waals surface area contributed by atoms with E-state index in [0.717, 1.165) is 17.2 Å². The number of aryl methyl sites for hydroxylation is 1. The van der Waals surface area contributed by atoms with Crippen molar-refractivity contribution in [3.8, 4) is 0 Å². The van der Waals surface area contributed by atoms with Crippen molar-refractivity contribution in [2.24, 2.45) is 5.92 Å². The number of nitrogens with one attached hydrogen (secondary N) is 1. The lowest BCUT2D eigenvalue weighted by Gasteiger charge is -2.19. The van der Waals surface area contributed by atoms with Crippen LogP contribution in [0.2, 0.25) is 0 Å². The van der Waals surface area contributed by atoms with Gasteiger partial charge in [-0.3, -0.25) is 0 Å². The van der Waals surface area contributed by atoms with E-state index in [-0.39, 0.29) is 5.82 Å². The zero-order chi connectivity index (χ0) is 13.1. The van der Waals surface area contributed by atoms with Crippen LogP contribution in [0.5, 0.6) is 0 Å². The monoisotopic (exact) mass is 313 g/mol. The van der Waals surface area contributed by atoms with E-state index in [4.69, 9.17) is 0 Å². The molecule has 2 unspecified atom stereocenters. The van der Waals surface area contributed by atoms with Gasteiger partial charge in [0.15, 0.2) is 0 Å². The minimum atomic E-state index is -0.190. The van der Waals surface area contributed by atoms with Crippen molar-refractivity contribution in [3.63, 3.8) is 0 Å². The van der Waals surface area contributed by atoms with Gasteiger partial charge in [-0.2, -0.15) is 0 Å². The first kappa shape index (κ1) is 13.9. The fourth-order valence-corrected chi connectivity index (χ4v) is 3.11. The summed E-state index contributed by atoms with van der Waals surface area (Å²) in [5, 5.41) is 3.52. The molecule has 2 rings (SSSR count). The van der Waals surface area contributed by atoms with Crippen molar-refractivity contribution < 1.29 is 4.39 Å². The van der Waals surface area contributed by atoms with Crippen molar-refractivity contribution in [1.82, 2.24) is 0 Å². The van der Waals surface area contributed by atoms with Gasteiger partial charge < -0.3 is 5.32 Å². The molecule has 1 nitrogen and oxygen atoms in total. The maximum Gasteiger partial charge on any atom is 0.139 e. The van der Waals surface area contributed by atoms with Gasteiger partial charge in [0.25, 0.3) is 0 Å². The Hall–Kier alpha value is -0.570. The first-order chi connectivity index (χ1) is 8.56. The summed E-state index contributed by atoms with van der Waals surface area (Å²) >= 11 is 3.22. The summed E-state index contributed by atoms with van der Waals surface area (Å²) in [4.78, 5) is 0. The van der Waals surface area contributed by atoms with Crippen LogP contribution in [0.3, 0.4) is 0 Å². The summed E-state index contributed by atoms with van der Waals surface area (Å²) in [6, 6.07) is 3.94. The van der Waals surface area contributed by atoms with Gasteiger partial charge in [0.05, 0.1) is 4.47 Å². The molecule has 0 heterocycles. The number of hydrogen-bond acceptors (Lipinski definition) is 1. The van der Waals surface area contributed by atoms with Gasteiger partial charge in [0, 0.05) is 11.7 Å². The molecule has 0 spiro atoms. The average Bonchev–Trinajstić information content (AvgIpc) is 2.51. The molecule has 1 aliphatic carbocycles. The predicted octanol–water partition coefficient (Wildman–Crippen LogP) is 5.28. The highest BCUT2D eigenvalue weighted by atomic mass is 79.9. The quantitative estimate of drug-likeness (QED) is 0.733. The Balaban J connectivity index is 2.06. The van der Waals surface area contributed by atoms with E-state index < -0.39 is 0 Å². The zero-order valence-corrected chi connectivity index (χ0v) is 12.7. The third kappa shape index (κ3) is 3.47. The third-order valence-corrected chi connectivity index (χ3v) is 4.49. The summed E-state index contributed by atoms with van der Waals surface area (Å²) in [5.41, 5.74) is 2.04. The van der Waals surface area contributed by atoms with E-state index in [1.807, 2.05) is 13.0 Å². The van der Waals surface area contributed by atoms with Crippen LogP contribution >= 0.6 is 15.9 Å². The minimum Gasteiger partial charge on any atom is -0.382 e. The number of rotatable bonds is 2. The van der Waals surface area contributed by atoms with Crippen LogP contribution in [0.25, 0.3) is 0 Å². The Labute approximate surface area is 117 Å². The Morgan fingerprint density at radius 1 is 1.22 bits per heavy atom. The lowest BCUT2D eigenvalue weighted by molar-refractivity contribution is 0.502. The molecule has 1 aromatic rings. The van der Waals surface area contributed by atoms with Gasteiger partial charge in [-0.05, 0) is 65.7 Å². The maximum absolute atomic E-state index is 13.6. The average molecular weight is 314 g/mol. The molecule has 1 saturated carbocycles. The van der Waals surface area contributed by atoms with Crippen molar-refractivity contribution in [2.45, 2.75) is 52.0 Å². The minimum absolute atomic E-state index is 0.190. The molecule has 0 amide bonds. The molecule has 0 bridgehead atoms. The molecule has 100 valence electrons. The molecule has 3 heteroatoms. The van der Waals surface area contributed by atoms with E-state index in [1.165, 1.54) is 32.1 Å². The summed E-state index contributed by atoms with van der Waals surface area (Å²) in [6.45, 7) is 4.35. The molecule has 18 heavy (non-hydrogen) atoms. The molecule has 0 aromatic heterocycles. The highest BCUT2D eigenvalue weighted by Crippen LogP contribution is 2.28. The summed E-state index contributed by atoms with van der Waals surface area (Å²) in [5.74, 6) is 0.643. The van der Waals surface area contributed by atoms with Crippen LogP contribution in [-0.4, -0.2) is 6.04 Å². The van der Waals surface area contributed by atoms with E-state index >= 15 is 0 Å². The first-order valence-electron chi connectivity index (χ1n) is 6.78. The van der Waals surface area contributed by atoms with Crippen LogP contribution in [0.1, 0.15) is 44.6 Å². The second-order valence-electron chi connectivity index (χ2n) is 5.54. The summed E-state index contributed by atoms with van der Waals surface area (Å²) in [6.07, 6.45) is 6.26. The number of halogens is 2. The smallest absolute Gasteiger partial charge is 0.139 e. The third-order valence-electron chi connectivity index (χ3n) is 3.88. The van der Waals surface area contributed by atoms with Crippen molar-refractivity contribution in [3.05, 3.63) is 28.0 Å². The Bertz CT molecular complexity index is 419. The summed E-state index contributed by atoms with van der Waals surface area (Å²) in [7, 11) is 0. The molecule has 1 aromatic carbocycles. The van der Waals surface area contributed by atoms with Gasteiger partial charge in [-0.25, -0.2) is 4.39 Å². The van der Waals surface area contributed by atoms with Crippen LogP contribution in [0.4, 0.5) is 10.1 Å². The van der Waals surface area contributed by atoms with Gasteiger partial charge in [-0.1, -0.05) is 19.8 Å². The highest BCUT2D eigenvalue weighted by molar-refractivity contribution is 9.10. The molecule has 0 saturated heterocycles. The first-order valence-corrected chi connectivity index (χ1v) is 7.57.